The normalized spacial score (nSPS) is 22.2. The van der Waals surface area contributed by atoms with Crippen LogP contribution < -0.4 is 0 Å². The van der Waals surface area contributed by atoms with Gasteiger partial charge in [0.1, 0.15) is 0 Å². The van der Waals surface area contributed by atoms with Crippen molar-refractivity contribution in [3.05, 3.63) is 23.3 Å². The first-order valence-electron chi connectivity index (χ1n) is 4.65. The average molecular weight is 200 g/mol. The zero-order valence-corrected chi connectivity index (χ0v) is 10.7. The zero-order chi connectivity index (χ0) is 9.57. The molecule has 0 unspecified atom stereocenters. The Morgan fingerprint density at radius 3 is 1.50 bits per heavy atom. The van der Waals surface area contributed by atoms with Crippen LogP contribution in [0, 0.1) is 0 Å². The van der Waals surface area contributed by atoms with Gasteiger partial charge in [-0.25, -0.2) is 0 Å². The third-order valence-corrected chi connectivity index (χ3v) is 8.77. The van der Waals surface area contributed by atoms with Crippen LogP contribution in [0.3, 0.4) is 0 Å². The van der Waals surface area contributed by atoms with E-state index in [0.717, 1.165) is 0 Å². The Hall–Kier alpha value is 0.194. The summed E-state index contributed by atoms with van der Waals surface area (Å²) >= 11 is -1.58. The van der Waals surface area contributed by atoms with E-state index >= 15 is 0 Å². The molecule has 0 spiro atoms. The predicted molar refractivity (Wildman–Crippen MR) is 53.5 cm³/mol. The van der Waals surface area contributed by atoms with E-state index < -0.39 is 16.6 Å². The zero-order valence-electron chi connectivity index (χ0n) is 9.15. The standard InChI is InChI=1S/C8H11.3CH3.Ti/c1-6-4-7(2)8(3)5-6;;;;/h4-5H,1-3H3;3*1H3;. The minimum atomic E-state index is -1.58. The second kappa shape index (κ2) is 2.85. The molecule has 1 heteroatoms. The summed E-state index contributed by atoms with van der Waals surface area (Å²) in [5, 5.41) is 7.46. The summed E-state index contributed by atoms with van der Waals surface area (Å²) in [6.07, 6.45) is 4.95. The van der Waals surface area contributed by atoms with Crippen LogP contribution >= 0.6 is 0 Å². The summed E-state index contributed by atoms with van der Waals surface area (Å²) in [6, 6.07) is 0. The number of hydrogen-bond acceptors (Lipinski definition) is 0. The van der Waals surface area contributed by atoms with Crippen LogP contribution in [0.5, 0.6) is 0 Å². The molecule has 12 heavy (non-hydrogen) atoms. The average Bonchev–Trinajstić information content (AvgIpc) is 2.06. The van der Waals surface area contributed by atoms with Gasteiger partial charge in [-0.3, -0.25) is 0 Å². The van der Waals surface area contributed by atoms with Gasteiger partial charge in [0.2, 0.25) is 0 Å². The van der Waals surface area contributed by atoms with Gasteiger partial charge in [0.05, 0.1) is 0 Å². The van der Waals surface area contributed by atoms with Gasteiger partial charge in [-0.1, -0.05) is 0 Å². The van der Waals surface area contributed by atoms with Crippen LogP contribution in [0.2, 0.25) is 19.4 Å². The Balaban J connectivity index is 3.08. The molecule has 0 aromatic rings. The Kier molecular flexibility index (Phi) is 2.44. The first-order chi connectivity index (χ1) is 5.26. The molecule has 0 radical (unpaired) electrons. The van der Waals surface area contributed by atoms with E-state index in [4.69, 9.17) is 0 Å². The van der Waals surface area contributed by atoms with Crippen LogP contribution in [-0.4, -0.2) is 0 Å². The molecule has 0 fully saturated rings. The van der Waals surface area contributed by atoms with Gasteiger partial charge >= 0.3 is 80.1 Å². The first-order valence-corrected chi connectivity index (χ1v) is 10.1. The molecule has 0 aliphatic heterocycles. The molecule has 0 nitrogen and oxygen atoms in total. The number of allylic oxidation sites excluding steroid dienone is 4. The van der Waals surface area contributed by atoms with Gasteiger partial charge < -0.3 is 0 Å². The van der Waals surface area contributed by atoms with Gasteiger partial charge in [0.15, 0.2) is 0 Å². The van der Waals surface area contributed by atoms with E-state index in [1.54, 1.807) is 0 Å². The first kappa shape index (κ1) is 10.3. The van der Waals surface area contributed by atoms with Crippen molar-refractivity contribution in [3.8, 4) is 0 Å². The monoisotopic (exact) mass is 200 g/mol. The summed E-state index contributed by atoms with van der Waals surface area (Å²) in [5.74, 6) is 0. The molecular weight excluding hydrogens is 180 g/mol. The maximum absolute atomic E-state index is 2.48. The number of rotatable bonds is 1. The van der Waals surface area contributed by atoms with Gasteiger partial charge in [-0.2, -0.15) is 0 Å². The fraction of sp³-hybridized carbons (Fsp3) is 0.636. The molecule has 1 aliphatic carbocycles. The molecular formula is C11H20Ti. The van der Waals surface area contributed by atoms with Crippen molar-refractivity contribution in [1.82, 2.24) is 0 Å². The van der Waals surface area contributed by atoms with Crippen LogP contribution in [0.1, 0.15) is 20.8 Å². The van der Waals surface area contributed by atoms with E-state index in [-0.39, 0.29) is 0 Å². The van der Waals surface area contributed by atoms with Gasteiger partial charge in [-0.05, 0) is 0 Å². The Morgan fingerprint density at radius 1 is 1.00 bits per heavy atom. The quantitative estimate of drug-likeness (QED) is 0.551. The molecule has 0 saturated carbocycles. The molecule has 1 rings (SSSR count). The van der Waals surface area contributed by atoms with Gasteiger partial charge in [-0.15, -0.1) is 0 Å². The molecule has 68 valence electrons. The summed E-state index contributed by atoms with van der Waals surface area (Å²) < 4.78 is 0.439. The molecule has 0 saturated heterocycles. The molecule has 0 heterocycles. The summed E-state index contributed by atoms with van der Waals surface area (Å²) in [6.45, 7) is 6.85. The van der Waals surface area contributed by atoms with Gasteiger partial charge in [0.25, 0.3) is 0 Å². The van der Waals surface area contributed by atoms with E-state index in [1.165, 1.54) is 11.1 Å². The van der Waals surface area contributed by atoms with Crippen LogP contribution in [0.15, 0.2) is 23.3 Å². The minimum absolute atomic E-state index is 0.439. The third-order valence-electron chi connectivity index (χ3n) is 3.27. The predicted octanol–water partition coefficient (Wildman–Crippen LogP) is 4.37. The van der Waals surface area contributed by atoms with Crippen molar-refractivity contribution in [2.45, 2.75) is 40.2 Å². The van der Waals surface area contributed by atoms with E-state index in [2.05, 4.69) is 48.6 Å². The fourth-order valence-corrected chi connectivity index (χ4v) is 3.63. The van der Waals surface area contributed by atoms with Crippen molar-refractivity contribution in [3.63, 3.8) is 0 Å². The molecule has 0 aromatic heterocycles. The SMILES string of the molecule is CC1=C[C](C)([Ti]([CH3])([CH3])[CH3])C=C1C. The second-order valence-electron chi connectivity index (χ2n) is 5.19. The molecule has 0 N–H and O–H groups in total. The van der Waals surface area contributed by atoms with Gasteiger partial charge in [0, 0.05) is 0 Å². The Labute approximate surface area is 80.1 Å². The Bertz CT molecular complexity index is 233. The van der Waals surface area contributed by atoms with Crippen molar-refractivity contribution in [1.29, 1.82) is 0 Å². The summed E-state index contributed by atoms with van der Waals surface area (Å²) in [5.41, 5.74) is 2.97. The Morgan fingerprint density at radius 2 is 1.33 bits per heavy atom. The van der Waals surface area contributed by atoms with E-state index in [0.29, 0.717) is 3.72 Å². The van der Waals surface area contributed by atoms with Crippen molar-refractivity contribution in [2.24, 2.45) is 0 Å². The van der Waals surface area contributed by atoms with Crippen molar-refractivity contribution < 1.29 is 16.6 Å². The van der Waals surface area contributed by atoms with Crippen LogP contribution in [0.25, 0.3) is 0 Å². The molecule has 0 bridgehead atoms. The fourth-order valence-electron chi connectivity index (χ4n) is 1.60. The molecule has 1 aliphatic rings. The maximum atomic E-state index is 2.48. The number of hydrogen-bond donors (Lipinski definition) is 0. The van der Waals surface area contributed by atoms with E-state index in [9.17, 15) is 0 Å². The van der Waals surface area contributed by atoms with Crippen LogP contribution in [-0.2, 0) is 16.6 Å². The third kappa shape index (κ3) is 1.60. The van der Waals surface area contributed by atoms with Crippen molar-refractivity contribution >= 4 is 0 Å². The topological polar surface area (TPSA) is 0 Å². The summed E-state index contributed by atoms with van der Waals surface area (Å²) in [7, 11) is 0. The molecule has 0 atom stereocenters. The van der Waals surface area contributed by atoms with Crippen molar-refractivity contribution in [2.75, 3.05) is 0 Å². The summed E-state index contributed by atoms with van der Waals surface area (Å²) in [4.78, 5) is 0. The van der Waals surface area contributed by atoms with E-state index in [1.807, 2.05) is 0 Å². The van der Waals surface area contributed by atoms with Crippen LogP contribution in [0.4, 0.5) is 0 Å². The molecule has 0 amide bonds. The second-order valence-corrected chi connectivity index (χ2v) is 13.9. The molecule has 0 aromatic carbocycles.